The molecule has 2 N–H and O–H groups in total. The molecule has 82 valence electrons. The first-order valence-corrected chi connectivity index (χ1v) is 5.05. The van der Waals surface area contributed by atoms with Crippen LogP contribution in [0.15, 0.2) is 12.3 Å². The average Bonchev–Trinajstić information content (AvgIpc) is 2.17. The lowest BCUT2D eigenvalue weighted by Crippen LogP contribution is -2.49. The highest BCUT2D eigenvalue weighted by atomic mass is 19.1. The Morgan fingerprint density at radius 3 is 2.80 bits per heavy atom. The van der Waals surface area contributed by atoms with Crippen molar-refractivity contribution >= 4 is 0 Å². The predicted octanol–water partition coefficient (Wildman–Crippen LogP) is 1.86. The Bertz CT molecular complexity index is 373. The van der Waals surface area contributed by atoms with E-state index in [1.807, 2.05) is 0 Å². The molecule has 1 aliphatic rings. The van der Waals surface area contributed by atoms with Gasteiger partial charge in [-0.3, -0.25) is 4.98 Å². The van der Waals surface area contributed by atoms with E-state index in [0.29, 0.717) is 11.3 Å². The third-order valence-electron chi connectivity index (χ3n) is 3.20. The van der Waals surface area contributed by atoms with Crippen LogP contribution in [0.4, 0.5) is 8.78 Å². The summed E-state index contributed by atoms with van der Waals surface area (Å²) in [5.41, 5.74) is 5.90. The third-order valence-corrected chi connectivity index (χ3v) is 3.20. The van der Waals surface area contributed by atoms with E-state index in [-0.39, 0.29) is 25.2 Å². The maximum Gasteiger partial charge on any atom is 0.148 e. The molecule has 1 saturated carbocycles. The molecule has 0 radical (unpaired) electrons. The van der Waals surface area contributed by atoms with Gasteiger partial charge in [0.25, 0.3) is 0 Å². The van der Waals surface area contributed by atoms with Gasteiger partial charge in [-0.15, -0.1) is 0 Å². The zero-order valence-corrected chi connectivity index (χ0v) is 8.63. The van der Waals surface area contributed by atoms with Gasteiger partial charge >= 0.3 is 0 Å². The molecule has 0 saturated heterocycles. The second-order valence-electron chi connectivity index (χ2n) is 4.28. The second-order valence-corrected chi connectivity index (χ2v) is 4.28. The van der Waals surface area contributed by atoms with Crippen molar-refractivity contribution in [2.24, 2.45) is 5.73 Å². The van der Waals surface area contributed by atoms with Crippen molar-refractivity contribution < 1.29 is 8.78 Å². The Hall–Kier alpha value is -1.03. The normalized spacial score (nSPS) is 30.0. The molecule has 0 unspecified atom stereocenters. The van der Waals surface area contributed by atoms with Crippen LogP contribution in [0.1, 0.15) is 24.1 Å². The Balaban J connectivity index is 2.40. The molecule has 1 aromatic rings. The summed E-state index contributed by atoms with van der Waals surface area (Å²) in [4.78, 5) is 4.02. The number of nitrogens with zero attached hydrogens (tertiary/aromatic N) is 1. The standard InChI is InChI=1S/C11H14F2N2/c1-7-2-3-15-10(9(7)13)11(6-14)4-8(12)5-11/h2-3,8H,4-6,14H2,1H3/t8-,11-. The van der Waals surface area contributed by atoms with Gasteiger partial charge in [0.2, 0.25) is 0 Å². The molecule has 15 heavy (non-hydrogen) atoms. The number of aryl methyl sites for hydroxylation is 1. The zero-order valence-electron chi connectivity index (χ0n) is 8.63. The molecule has 0 aliphatic heterocycles. The van der Waals surface area contributed by atoms with Gasteiger partial charge in [0.1, 0.15) is 12.0 Å². The van der Waals surface area contributed by atoms with Gasteiger partial charge in [0, 0.05) is 18.2 Å². The monoisotopic (exact) mass is 212 g/mol. The summed E-state index contributed by atoms with van der Waals surface area (Å²) in [6, 6.07) is 1.61. The number of hydrogen-bond donors (Lipinski definition) is 1. The van der Waals surface area contributed by atoms with Crippen LogP contribution in [0.3, 0.4) is 0 Å². The van der Waals surface area contributed by atoms with Crippen molar-refractivity contribution in [1.29, 1.82) is 0 Å². The molecule has 0 aromatic carbocycles. The molecular formula is C11H14F2N2. The molecule has 0 bridgehead atoms. The smallest absolute Gasteiger partial charge is 0.148 e. The predicted molar refractivity (Wildman–Crippen MR) is 53.8 cm³/mol. The van der Waals surface area contributed by atoms with Crippen LogP contribution in [0.5, 0.6) is 0 Å². The Kier molecular flexibility index (Phi) is 2.46. The fraction of sp³-hybridized carbons (Fsp3) is 0.545. The minimum atomic E-state index is -0.865. The lowest BCUT2D eigenvalue weighted by Gasteiger charge is -2.43. The number of aromatic nitrogens is 1. The highest BCUT2D eigenvalue weighted by Crippen LogP contribution is 2.44. The average molecular weight is 212 g/mol. The van der Waals surface area contributed by atoms with Crippen molar-refractivity contribution in [1.82, 2.24) is 4.98 Å². The first-order chi connectivity index (χ1) is 7.09. The molecule has 2 nitrogen and oxygen atoms in total. The first-order valence-electron chi connectivity index (χ1n) is 5.05. The van der Waals surface area contributed by atoms with Crippen LogP contribution < -0.4 is 5.73 Å². The fourth-order valence-electron chi connectivity index (χ4n) is 2.15. The topological polar surface area (TPSA) is 38.9 Å². The molecule has 1 aliphatic carbocycles. The van der Waals surface area contributed by atoms with Crippen LogP contribution >= 0.6 is 0 Å². The number of alkyl halides is 1. The van der Waals surface area contributed by atoms with Crippen LogP contribution in [0, 0.1) is 12.7 Å². The van der Waals surface area contributed by atoms with E-state index in [1.54, 1.807) is 19.2 Å². The highest BCUT2D eigenvalue weighted by molar-refractivity contribution is 5.28. The lowest BCUT2D eigenvalue weighted by atomic mass is 9.65. The number of nitrogens with two attached hydrogens (primary N) is 1. The second kappa shape index (κ2) is 3.52. The molecule has 1 aromatic heterocycles. The Morgan fingerprint density at radius 2 is 2.27 bits per heavy atom. The molecule has 1 heterocycles. The first kappa shape index (κ1) is 10.5. The molecular weight excluding hydrogens is 198 g/mol. The van der Waals surface area contributed by atoms with Gasteiger partial charge in [-0.05, 0) is 31.4 Å². The van der Waals surface area contributed by atoms with Gasteiger partial charge in [0.05, 0.1) is 5.69 Å². The Labute approximate surface area is 87.5 Å². The number of halogens is 2. The van der Waals surface area contributed by atoms with Crippen LogP contribution in [-0.2, 0) is 5.41 Å². The van der Waals surface area contributed by atoms with Crippen molar-refractivity contribution in [3.8, 4) is 0 Å². The Morgan fingerprint density at radius 1 is 1.60 bits per heavy atom. The molecule has 4 heteroatoms. The SMILES string of the molecule is Cc1ccnc([C@]2(CN)C[C@@H](F)C2)c1F. The van der Waals surface area contributed by atoms with E-state index in [9.17, 15) is 8.78 Å². The van der Waals surface area contributed by atoms with Crippen LogP contribution in [-0.4, -0.2) is 17.7 Å². The maximum atomic E-state index is 13.8. The quantitative estimate of drug-likeness (QED) is 0.812. The van der Waals surface area contributed by atoms with E-state index >= 15 is 0 Å². The third kappa shape index (κ3) is 1.53. The van der Waals surface area contributed by atoms with Gasteiger partial charge in [-0.25, -0.2) is 8.78 Å². The summed E-state index contributed by atoms with van der Waals surface area (Å²) in [7, 11) is 0. The number of rotatable bonds is 2. The van der Waals surface area contributed by atoms with Gasteiger partial charge in [0.15, 0.2) is 0 Å². The minimum absolute atomic E-state index is 0.251. The van der Waals surface area contributed by atoms with E-state index in [2.05, 4.69) is 4.98 Å². The summed E-state index contributed by atoms with van der Waals surface area (Å²) >= 11 is 0. The van der Waals surface area contributed by atoms with E-state index in [4.69, 9.17) is 5.73 Å². The molecule has 0 atom stereocenters. The summed E-state index contributed by atoms with van der Waals surface area (Å²) in [6.45, 7) is 1.93. The minimum Gasteiger partial charge on any atom is -0.330 e. The molecule has 2 rings (SSSR count). The molecule has 0 amide bonds. The summed E-state index contributed by atoms with van der Waals surface area (Å²) in [5.74, 6) is -0.338. The summed E-state index contributed by atoms with van der Waals surface area (Å²) in [5, 5.41) is 0. The van der Waals surface area contributed by atoms with Gasteiger partial charge in [-0.1, -0.05) is 0 Å². The number of pyridine rings is 1. The van der Waals surface area contributed by atoms with Crippen molar-refractivity contribution in [2.75, 3.05) is 6.54 Å². The van der Waals surface area contributed by atoms with Crippen molar-refractivity contribution in [2.45, 2.75) is 31.4 Å². The highest BCUT2D eigenvalue weighted by Gasteiger charge is 2.47. The summed E-state index contributed by atoms with van der Waals surface area (Å²) in [6.07, 6.45) is 1.26. The largest absolute Gasteiger partial charge is 0.330 e. The van der Waals surface area contributed by atoms with Gasteiger partial charge in [-0.2, -0.15) is 0 Å². The van der Waals surface area contributed by atoms with E-state index in [1.165, 1.54) is 0 Å². The van der Waals surface area contributed by atoms with Crippen molar-refractivity contribution in [3.05, 3.63) is 29.3 Å². The zero-order chi connectivity index (χ0) is 11.1. The van der Waals surface area contributed by atoms with Crippen molar-refractivity contribution in [3.63, 3.8) is 0 Å². The molecule has 1 fully saturated rings. The van der Waals surface area contributed by atoms with E-state index < -0.39 is 11.6 Å². The maximum absolute atomic E-state index is 13.8. The van der Waals surface area contributed by atoms with Crippen LogP contribution in [0.25, 0.3) is 0 Å². The molecule has 0 spiro atoms. The van der Waals surface area contributed by atoms with E-state index in [0.717, 1.165) is 0 Å². The fourth-order valence-corrected chi connectivity index (χ4v) is 2.15. The summed E-state index contributed by atoms with van der Waals surface area (Å²) < 4.78 is 26.7. The number of hydrogen-bond acceptors (Lipinski definition) is 2. The lowest BCUT2D eigenvalue weighted by molar-refractivity contribution is 0.0930. The van der Waals surface area contributed by atoms with Gasteiger partial charge < -0.3 is 5.73 Å². The van der Waals surface area contributed by atoms with Crippen LogP contribution in [0.2, 0.25) is 0 Å².